The molecular weight excluding hydrogens is 610 g/mol. The maximum atomic E-state index is 13.2. The van der Waals surface area contributed by atoms with Crippen LogP contribution in [0.4, 0.5) is 23.4 Å². The number of carbonyl (C=O) groups is 4. The monoisotopic (exact) mass is 631 g/mol. The first-order chi connectivity index (χ1) is 20.0. The number of hydrogen-bond donors (Lipinski definition) is 1. The molecule has 42 heavy (non-hydrogen) atoms. The summed E-state index contributed by atoms with van der Waals surface area (Å²) in [5.41, 5.74) is -1.70. The predicted octanol–water partition coefficient (Wildman–Crippen LogP) is 4.61. The minimum atomic E-state index is -3.07. The lowest BCUT2D eigenvalue weighted by atomic mass is 9.97. The average molecular weight is 632 g/mol. The van der Waals surface area contributed by atoms with Gasteiger partial charge in [0.05, 0.1) is 22.7 Å². The number of halogens is 5. The number of nitrogens with one attached hydrogen (secondary N) is 1. The molecule has 1 fully saturated rings. The molecule has 0 bridgehead atoms. The number of carbonyl (C=O) groups excluding carboxylic acids is 4. The minimum Gasteiger partial charge on any atom is -0.461 e. The molecule has 3 heterocycles. The van der Waals surface area contributed by atoms with Crippen LogP contribution in [-0.2, 0) is 25.7 Å². The number of nitrogens with zero attached hydrogens (tertiary/aromatic N) is 4. The van der Waals surface area contributed by atoms with Crippen molar-refractivity contribution in [2.24, 2.45) is 0 Å². The first kappa shape index (κ1) is 30.9. The average Bonchev–Trinajstić information content (AvgIpc) is 3.61. The van der Waals surface area contributed by atoms with Crippen LogP contribution in [-0.4, -0.2) is 63.6 Å². The van der Waals surface area contributed by atoms with Gasteiger partial charge >= 0.3 is 11.9 Å². The number of amides is 2. The lowest BCUT2D eigenvalue weighted by molar-refractivity contribution is -0.160. The second-order valence-corrected chi connectivity index (χ2v) is 10.2. The molecule has 1 saturated heterocycles. The standard InChI is InChI=1S/C25H22ClF4N5O6S/c1-40-24(38)25(39)41-19-13(3-2-4-14(19)26)22(37)31-17-11-42-23(32-17)12-5-7-34(8-6-12)18(36)10-35-16(21(29)30)9-15(33-35)20(27)28/h2-4,9,11-12,20-21H,5-8,10H2,1H3,(H,31,37). The van der Waals surface area contributed by atoms with Crippen LogP contribution in [0, 0.1) is 0 Å². The Bertz CT molecular complexity index is 1490. The summed E-state index contributed by atoms with van der Waals surface area (Å²) in [6, 6.07) is 4.75. The van der Waals surface area contributed by atoms with Crippen molar-refractivity contribution in [3.63, 3.8) is 0 Å². The number of alkyl halides is 4. The molecule has 0 spiro atoms. The SMILES string of the molecule is COC(=O)C(=O)Oc1c(Cl)cccc1C(=O)Nc1csc(C2CCN(C(=O)Cn3nc(C(F)F)cc3C(F)F)CC2)n1. The topological polar surface area (TPSA) is 133 Å². The van der Waals surface area contributed by atoms with Gasteiger partial charge in [0.1, 0.15) is 23.8 Å². The molecule has 0 saturated carbocycles. The molecule has 1 N–H and O–H groups in total. The number of ether oxygens (including phenoxy) is 2. The molecule has 1 aliphatic heterocycles. The molecule has 1 aromatic carbocycles. The molecule has 0 unspecified atom stereocenters. The van der Waals surface area contributed by atoms with E-state index in [1.54, 1.807) is 5.38 Å². The van der Waals surface area contributed by atoms with Gasteiger partial charge in [-0.1, -0.05) is 17.7 Å². The maximum Gasteiger partial charge on any atom is 0.422 e. The number of anilines is 1. The zero-order chi connectivity index (χ0) is 30.6. The minimum absolute atomic E-state index is 0.0702. The van der Waals surface area contributed by atoms with Crippen LogP contribution in [0.5, 0.6) is 5.75 Å². The van der Waals surface area contributed by atoms with Crippen LogP contribution in [0.2, 0.25) is 5.02 Å². The molecule has 2 aromatic heterocycles. The number of piperidine rings is 1. The summed E-state index contributed by atoms with van der Waals surface area (Å²) in [5, 5.41) is 8.22. The normalized spacial score (nSPS) is 13.9. The second kappa shape index (κ2) is 13.3. The summed E-state index contributed by atoms with van der Waals surface area (Å²) in [4.78, 5) is 54.8. The van der Waals surface area contributed by atoms with Crippen molar-refractivity contribution in [2.45, 2.75) is 38.2 Å². The summed E-state index contributed by atoms with van der Waals surface area (Å²) >= 11 is 7.34. The lowest BCUT2D eigenvalue weighted by Gasteiger charge is -2.31. The van der Waals surface area contributed by atoms with Gasteiger partial charge in [0.15, 0.2) is 5.75 Å². The molecule has 2 amide bonds. The highest BCUT2D eigenvalue weighted by molar-refractivity contribution is 7.10. The number of likely N-dealkylation sites (tertiary alicyclic amines) is 1. The van der Waals surface area contributed by atoms with Gasteiger partial charge in [0, 0.05) is 24.4 Å². The molecule has 4 rings (SSSR count). The third-order valence-corrected chi connectivity index (χ3v) is 7.59. The molecular formula is C25H22ClF4N5O6S. The van der Waals surface area contributed by atoms with E-state index in [9.17, 15) is 36.7 Å². The highest BCUT2D eigenvalue weighted by Gasteiger charge is 2.29. The summed E-state index contributed by atoms with van der Waals surface area (Å²) in [6.07, 6.45) is -5.14. The number of rotatable bonds is 8. The Morgan fingerprint density at radius 1 is 1.12 bits per heavy atom. The Hall–Kier alpha value is -4.05. The Labute approximate surface area is 244 Å². The van der Waals surface area contributed by atoms with Crippen molar-refractivity contribution in [1.29, 1.82) is 0 Å². The molecule has 17 heteroatoms. The zero-order valence-electron chi connectivity index (χ0n) is 21.7. The second-order valence-electron chi connectivity index (χ2n) is 8.93. The molecule has 224 valence electrons. The smallest absolute Gasteiger partial charge is 0.422 e. The van der Waals surface area contributed by atoms with Crippen molar-refractivity contribution >= 4 is 52.5 Å². The van der Waals surface area contributed by atoms with E-state index in [1.807, 2.05) is 0 Å². The lowest BCUT2D eigenvalue weighted by Crippen LogP contribution is -2.40. The van der Waals surface area contributed by atoms with Gasteiger partial charge in [0.2, 0.25) is 5.91 Å². The molecule has 0 aliphatic carbocycles. The van der Waals surface area contributed by atoms with E-state index in [4.69, 9.17) is 16.3 Å². The molecule has 11 nitrogen and oxygen atoms in total. The van der Waals surface area contributed by atoms with Crippen LogP contribution >= 0.6 is 22.9 Å². The number of methoxy groups -OCH3 is 1. The number of benzene rings is 1. The molecule has 0 radical (unpaired) electrons. The number of aromatic nitrogens is 3. The van der Waals surface area contributed by atoms with Gasteiger partial charge in [-0.2, -0.15) is 5.10 Å². The van der Waals surface area contributed by atoms with Crippen LogP contribution in [0.25, 0.3) is 0 Å². The van der Waals surface area contributed by atoms with Crippen molar-refractivity contribution in [2.75, 3.05) is 25.5 Å². The fraction of sp³-hybridized carbons (Fsp3) is 0.360. The van der Waals surface area contributed by atoms with Gasteiger partial charge < -0.3 is 19.7 Å². The van der Waals surface area contributed by atoms with E-state index in [2.05, 4.69) is 20.1 Å². The van der Waals surface area contributed by atoms with E-state index < -0.39 is 54.5 Å². The number of esters is 2. The third-order valence-electron chi connectivity index (χ3n) is 6.28. The Morgan fingerprint density at radius 2 is 1.83 bits per heavy atom. The highest BCUT2D eigenvalue weighted by Crippen LogP contribution is 2.33. The predicted molar refractivity (Wildman–Crippen MR) is 140 cm³/mol. The molecule has 0 atom stereocenters. The Balaban J connectivity index is 1.36. The third kappa shape index (κ3) is 7.05. The van der Waals surface area contributed by atoms with Crippen molar-refractivity contribution in [1.82, 2.24) is 19.7 Å². The Kier molecular flexibility index (Phi) is 9.78. The van der Waals surface area contributed by atoms with Crippen LogP contribution in [0.1, 0.15) is 58.4 Å². The maximum absolute atomic E-state index is 13.2. The van der Waals surface area contributed by atoms with Gasteiger partial charge in [-0.15, -0.1) is 11.3 Å². The summed E-state index contributed by atoms with van der Waals surface area (Å²) in [6.45, 7) is -0.0463. The highest BCUT2D eigenvalue weighted by atomic mass is 35.5. The van der Waals surface area contributed by atoms with Crippen LogP contribution < -0.4 is 10.1 Å². The van der Waals surface area contributed by atoms with E-state index >= 15 is 0 Å². The van der Waals surface area contributed by atoms with E-state index in [0.717, 1.165) is 7.11 Å². The molecule has 1 aliphatic rings. The van der Waals surface area contributed by atoms with E-state index in [-0.39, 0.29) is 41.2 Å². The fourth-order valence-electron chi connectivity index (χ4n) is 4.19. The first-order valence-electron chi connectivity index (χ1n) is 12.3. The van der Waals surface area contributed by atoms with Crippen molar-refractivity contribution in [3.05, 3.63) is 56.6 Å². The van der Waals surface area contributed by atoms with Crippen molar-refractivity contribution in [3.8, 4) is 5.75 Å². The van der Waals surface area contributed by atoms with Gasteiger partial charge in [-0.25, -0.2) is 32.1 Å². The van der Waals surface area contributed by atoms with Crippen molar-refractivity contribution < 1.29 is 46.2 Å². The summed E-state index contributed by atoms with van der Waals surface area (Å²) in [7, 11) is 0.991. The summed E-state index contributed by atoms with van der Waals surface area (Å²) < 4.78 is 62.2. The van der Waals surface area contributed by atoms with Crippen LogP contribution in [0.15, 0.2) is 29.6 Å². The quantitative estimate of drug-likeness (QED) is 0.165. The largest absolute Gasteiger partial charge is 0.461 e. The van der Waals surface area contributed by atoms with Crippen LogP contribution in [0.3, 0.4) is 0 Å². The number of hydrogen-bond acceptors (Lipinski definition) is 9. The first-order valence-corrected chi connectivity index (χ1v) is 13.5. The fourth-order valence-corrected chi connectivity index (χ4v) is 5.33. The number of thiazole rings is 1. The van der Waals surface area contributed by atoms with Gasteiger partial charge in [-0.3, -0.25) is 14.3 Å². The van der Waals surface area contributed by atoms with E-state index in [0.29, 0.717) is 28.6 Å². The Morgan fingerprint density at radius 3 is 2.48 bits per heavy atom. The summed E-state index contributed by atoms with van der Waals surface area (Å²) in [5.74, 6) is -4.08. The number of para-hydroxylation sites is 1. The van der Waals surface area contributed by atoms with Gasteiger partial charge in [0.25, 0.3) is 18.8 Å². The zero-order valence-corrected chi connectivity index (χ0v) is 23.3. The molecule has 3 aromatic rings. The van der Waals surface area contributed by atoms with Gasteiger partial charge in [-0.05, 0) is 31.0 Å². The van der Waals surface area contributed by atoms with E-state index in [1.165, 1.54) is 34.4 Å².